The summed E-state index contributed by atoms with van der Waals surface area (Å²) in [5, 5.41) is 2.25. The minimum absolute atomic E-state index is 0.150. The molecule has 0 heterocycles. The van der Waals surface area contributed by atoms with Gasteiger partial charge < -0.3 is 10.1 Å². The first kappa shape index (κ1) is 29.3. The Morgan fingerprint density at radius 3 is 2.50 bits per heavy atom. The normalized spacial score (nSPS) is 18.3. The highest BCUT2D eigenvalue weighted by Gasteiger charge is 2.27. The third-order valence-electron chi connectivity index (χ3n) is 5.45. The van der Waals surface area contributed by atoms with Gasteiger partial charge in [-0.15, -0.1) is 0 Å². The highest BCUT2D eigenvalue weighted by molar-refractivity contribution is 7.85. The Labute approximate surface area is 203 Å². The number of carbonyl (C=O) groups is 2. The van der Waals surface area contributed by atoms with Crippen LogP contribution in [0.15, 0.2) is 71.4 Å². The first-order chi connectivity index (χ1) is 15.7. The van der Waals surface area contributed by atoms with Crippen LogP contribution >= 0.6 is 0 Å². The lowest BCUT2D eigenvalue weighted by Crippen LogP contribution is -2.45. The molecule has 2 N–H and O–H groups in total. The third-order valence-corrected chi connectivity index (χ3v) is 6.21. The van der Waals surface area contributed by atoms with Crippen molar-refractivity contribution in [2.45, 2.75) is 59.9 Å². The lowest BCUT2D eigenvalue weighted by Gasteiger charge is -2.32. The summed E-state index contributed by atoms with van der Waals surface area (Å²) in [7, 11) is -4.51. The summed E-state index contributed by atoms with van der Waals surface area (Å²) in [6, 6.07) is -1.54. The molecule has 0 bridgehead atoms. The van der Waals surface area contributed by atoms with Gasteiger partial charge in [-0.05, 0) is 56.6 Å². The van der Waals surface area contributed by atoms with E-state index in [9.17, 15) is 18.0 Å². The van der Waals surface area contributed by atoms with E-state index in [-0.39, 0.29) is 12.0 Å². The number of ether oxygens (including phenoxy) is 1. The number of amides is 1. The molecular weight excluding hydrogens is 454 g/mol. The molecule has 0 spiro atoms. The first-order valence-corrected chi connectivity index (χ1v) is 12.8. The topological polar surface area (TPSA) is 110 Å². The zero-order valence-electron chi connectivity index (χ0n) is 20.8. The number of hydrogen-bond acceptors (Lipinski definition) is 5. The van der Waals surface area contributed by atoms with E-state index in [2.05, 4.69) is 44.8 Å². The molecule has 1 rings (SSSR count). The lowest BCUT2D eigenvalue weighted by atomic mass is 9.72. The van der Waals surface area contributed by atoms with Crippen LogP contribution in [0.2, 0.25) is 0 Å². The summed E-state index contributed by atoms with van der Waals surface area (Å²) in [5.41, 5.74) is 4.62. The number of rotatable bonds is 11. The van der Waals surface area contributed by atoms with Crippen LogP contribution in [0.1, 0.15) is 53.9 Å². The molecule has 0 fully saturated rings. The van der Waals surface area contributed by atoms with Gasteiger partial charge in [-0.2, -0.15) is 8.42 Å². The SMILES string of the molecule is C=CCOC(=O)[C@H](CS(=O)(=O)O)NC(=O)/C=C(C)/C=C/C=C(C)/C=C/C1=C(C)CCCC1(C)C. The maximum atomic E-state index is 12.2. The Hall–Kier alpha value is -2.71. The van der Waals surface area contributed by atoms with Crippen molar-refractivity contribution in [2.75, 3.05) is 12.4 Å². The zero-order valence-corrected chi connectivity index (χ0v) is 21.6. The minimum Gasteiger partial charge on any atom is -0.460 e. The Balaban J connectivity index is 2.82. The molecule has 1 aliphatic carbocycles. The van der Waals surface area contributed by atoms with Gasteiger partial charge in [-0.25, -0.2) is 4.79 Å². The Bertz CT molecular complexity index is 1030. The molecule has 7 nitrogen and oxygen atoms in total. The van der Waals surface area contributed by atoms with E-state index in [0.29, 0.717) is 5.57 Å². The largest absolute Gasteiger partial charge is 0.460 e. The summed E-state index contributed by atoms with van der Waals surface area (Å²) in [6.07, 6.45) is 15.8. The maximum absolute atomic E-state index is 12.2. The molecule has 0 aromatic rings. The maximum Gasteiger partial charge on any atom is 0.330 e. The molecule has 0 aromatic heterocycles. The molecule has 34 heavy (non-hydrogen) atoms. The van der Waals surface area contributed by atoms with E-state index in [1.807, 2.05) is 13.0 Å². The van der Waals surface area contributed by atoms with Gasteiger partial charge in [0.05, 0.1) is 0 Å². The number of hydrogen-bond donors (Lipinski definition) is 2. The zero-order chi connectivity index (χ0) is 25.9. The predicted molar refractivity (Wildman–Crippen MR) is 136 cm³/mol. The number of nitrogens with one attached hydrogen (secondary N) is 1. The summed E-state index contributed by atoms with van der Waals surface area (Å²) < 4.78 is 36.2. The average Bonchev–Trinajstić information content (AvgIpc) is 2.69. The lowest BCUT2D eigenvalue weighted by molar-refractivity contribution is -0.145. The fourth-order valence-electron chi connectivity index (χ4n) is 3.72. The van der Waals surface area contributed by atoms with Crippen LogP contribution in [0.4, 0.5) is 0 Å². The van der Waals surface area contributed by atoms with Gasteiger partial charge in [0.1, 0.15) is 18.4 Å². The molecule has 1 atom stereocenters. The van der Waals surface area contributed by atoms with Gasteiger partial charge in [0.15, 0.2) is 0 Å². The van der Waals surface area contributed by atoms with Gasteiger partial charge in [-0.3, -0.25) is 9.35 Å². The smallest absolute Gasteiger partial charge is 0.330 e. The quantitative estimate of drug-likeness (QED) is 0.143. The van der Waals surface area contributed by atoms with Crippen LogP contribution in [-0.2, 0) is 24.4 Å². The van der Waals surface area contributed by atoms with Gasteiger partial charge in [0.25, 0.3) is 10.1 Å². The Morgan fingerprint density at radius 1 is 1.24 bits per heavy atom. The van der Waals surface area contributed by atoms with E-state index in [4.69, 9.17) is 9.29 Å². The van der Waals surface area contributed by atoms with Crippen LogP contribution in [0.25, 0.3) is 0 Å². The molecule has 188 valence electrons. The van der Waals surface area contributed by atoms with Crippen molar-refractivity contribution < 1.29 is 27.3 Å². The molecule has 0 saturated carbocycles. The number of carbonyl (C=O) groups excluding carboxylic acids is 2. The summed E-state index contributed by atoms with van der Waals surface area (Å²) in [6.45, 7) is 13.7. The first-order valence-electron chi connectivity index (χ1n) is 11.2. The van der Waals surface area contributed by atoms with E-state index in [1.54, 1.807) is 19.1 Å². The van der Waals surface area contributed by atoms with Crippen molar-refractivity contribution in [1.29, 1.82) is 0 Å². The fourth-order valence-corrected chi connectivity index (χ4v) is 4.36. The fraction of sp³-hybridized carbons (Fsp3) is 0.462. The molecule has 1 aliphatic rings. The highest BCUT2D eigenvalue weighted by Crippen LogP contribution is 2.40. The highest BCUT2D eigenvalue weighted by atomic mass is 32.2. The van der Waals surface area contributed by atoms with Crippen molar-refractivity contribution in [1.82, 2.24) is 5.32 Å². The summed E-state index contributed by atoms with van der Waals surface area (Å²) >= 11 is 0. The van der Waals surface area contributed by atoms with Crippen molar-refractivity contribution in [3.63, 3.8) is 0 Å². The molecule has 0 radical (unpaired) electrons. The van der Waals surface area contributed by atoms with Crippen molar-refractivity contribution in [3.8, 4) is 0 Å². The van der Waals surface area contributed by atoms with Gasteiger partial charge in [-0.1, -0.05) is 68.0 Å². The molecule has 0 saturated heterocycles. The number of esters is 1. The molecular formula is C26H37NO6S. The Kier molecular flexibility index (Phi) is 11.4. The van der Waals surface area contributed by atoms with Crippen LogP contribution < -0.4 is 5.32 Å². The van der Waals surface area contributed by atoms with Crippen molar-refractivity contribution in [2.24, 2.45) is 5.41 Å². The van der Waals surface area contributed by atoms with E-state index in [1.165, 1.54) is 36.1 Å². The summed E-state index contributed by atoms with van der Waals surface area (Å²) in [5.74, 6) is -2.66. The minimum atomic E-state index is -4.51. The van der Waals surface area contributed by atoms with E-state index in [0.717, 1.165) is 12.0 Å². The van der Waals surface area contributed by atoms with E-state index >= 15 is 0 Å². The molecule has 0 unspecified atom stereocenters. The molecule has 0 aliphatic heterocycles. The van der Waals surface area contributed by atoms with Gasteiger partial charge in [0.2, 0.25) is 5.91 Å². The van der Waals surface area contributed by atoms with Crippen LogP contribution in [0.3, 0.4) is 0 Å². The average molecular weight is 492 g/mol. The van der Waals surface area contributed by atoms with Crippen LogP contribution in [0.5, 0.6) is 0 Å². The molecule has 1 amide bonds. The number of allylic oxidation sites excluding steroid dienone is 9. The standard InChI is InChI=1S/C26H37NO6S/c1-7-16-33-25(29)23(18-34(30,31)32)27-24(28)17-20(3)11-8-10-19(2)13-14-22-21(4)12-9-15-26(22,5)6/h7-8,10-11,13-14,17,23H,1,9,12,15-16,18H2,2-6H3,(H,27,28)(H,30,31,32)/b11-8+,14-13+,19-10+,20-17+/t23-/m0/s1. The molecule has 8 heteroatoms. The van der Waals surface area contributed by atoms with Crippen molar-refractivity contribution >= 4 is 22.0 Å². The van der Waals surface area contributed by atoms with Crippen LogP contribution in [-0.4, -0.2) is 43.2 Å². The second-order valence-electron chi connectivity index (χ2n) is 9.15. The predicted octanol–water partition coefficient (Wildman–Crippen LogP) is 4.62. The molecule has 0 aromatic carbocycles. The van der Waals surface area contributed by atoms with E-state index < -0.39 is 33.8 Å². The van der Waals surface area contributed by atoms with Gasteiger partial charge in [0, 0.05) is 6.08 Å². The van der Waals surface area contributed by atoms with Gasteiger partial charge >= 0.3 is 5.97 Å². The third kappa shape index (κ3) is 10.9. The monoisotopic (exact) mass is 491 g/mol. The van der Waals surface area contributed by atoms with Crippen LogP contribution in [0, 0.1) is 5.41 Å². The summed E-state index contributed by atoms with van der Waals surface area (Å²) in [4.78, 5) is 24.2. The second kappa shape index (κ2) is 13.2. The second-order valence-corrected chi connectivity index (χ2v) is 10.6. The Morgan fingerprint density at radius 2 is 1.91 bits per heavy atom. The van der Waals surface area contributed by atoms with Crippen molar-refractivity contribution in [3.05, 3.63) is 71.4 Å².